The lowest BCUT2D eigenvalue weighted by Crippen LogP contribution is -2.52. The fourth-order valence-electron chi connectivity index (χ4n) is 2.85. The van der Waals surface area contributed by atoms with Gasteiger partial charge >= 0.3 is 0 Å². The van der Waals surface area contributed by atoms with Crippen molar-refractivity contribution in [1.29, 1.82) is 0 Å². The van der Waals surface area contributed by atoms with E-state index in [1.807, 2.05) is 6.92 Å². The van der Waals surface area contributed by atoms with Gasteiger partial charge in [0.25, 0.3) is 0 Å². The van der Waals surface area contributed by atoms with Crippen LogP contribution < -0.4 is 4.72 Å². The van der Waals surface area contributed by atoms with Crippen molar-refractivity contribution in [1.82, 2.24) is 4.72 Å². The van der Waals surface area contributed by atoms with Gasteiger partial charge in [0, 0.05) is 11.5 Å². The summed E-state index contributed by atoms with van der Waals surface area (Å²) in [5, 5.41) is 22.8. The van der Waals surface area contributed by atoms with Crippen LogP contribution in [0.2, 0.25) is 0 Å². The maximum Gasteiger partial charge on any atom is 0.240 e. The van der Waals surface area contributed by atoms with Crippen molar-refractivity contribution in [3.05, 3.63) is 40.3 Å². The number of aryl methyl sites for hydroxylation is 1. The number of sulfonamides is 1. The van der Waals surface area contributed by atoms with Crippen LogP contribution >= 0.6 is 0 Å². The van der Waals surface area contributed by atoms with Gasteiger partial charge in [0.05, 0.1) is 17.5 Å². The molecule has 1 aliphatic heterocycles. The molecule has 1 fully saturated rings. The number of ether oxygens (including phenoxy) is 2. The first kappa shape index (κ1) is 21.6. The SMILES string of the molecule is Cc1ccc(S(=O)(=O)N[C@H](CN=[N+]=[N-])[C@H]2OC(C)(C)O[C@@H]2[C@H](O)CO)cc1. The lowest BCUT2D eigenvalue weighted by molar-refractivity contribution is -0.158. The van der Waals surface area contributed by atoms with E-state index in [1.54, 1.807) is 26.0 Å². The lowest BCUT2D eigenvalue weighted by atomic mass is 10.0. The van der Waals surface area contributed by atoms with Crippen LogP contribution in [-0.4, -0.2) is 61.9 Å². The first-order valence-electron chi connectivity index (χ1n) is 8.34. The van der Waals surface area contributed by atoms with Crippen molar-refractivity contribution in [2.45, 2.75) is 55.8 Å². The smallest absolute Gasteiger partial charge is 0.240 e. The first-order chi connectivity index (χ1) is 12.6. The van der Waals surface area contributed by atoms with E-state index in [9.17, 15) is 18.6 Å². The molecule has 27 heavy (non-hydrogen) atoms. The number of nitrogens with one attached hydrogen (secondary N) is 1. The van der Waals surface area contributed by atoms with Crippen molar-refractivity contribution in [2.24, 2.45) is 5.11 Å². The molecule has 1 aromatic rings. The third-order valence-corrected chi connectivity index (χ3v) is 5.61. The zero-order valence-electron chi connectivity index (χ0n) is 15.3. The molecule has 0 unspecified atom stereocenters. The Bertz CT molecular complexity index is 792. The zero-order chi connectivity index (χ0) is 20.2. The van der Waals surface area contributed by atoms with Crippen molar-refractivity contribution in [3.8, 4) is 0 Å². The maximum atomic E-state index is 12.7. The third-order valence-electron chi connectivity index (χ3n) is 4.11. The molecule has 3 N–H and O–H groups in total. The van der Waals surface area contributed by atoms with Crippen molar-refractivity contribution in [2.75, 3.05) is 13.2 Å². The monoisotopic (exact) mass is 400 g/mol. The van der Waals surface area contributed by atoms with Gasteiger partial charge in [-0.1, -0.05) is 22.8 Å². The van der Waals surface area contributed by atoms with Crippen LogP contribution in [0.5, 0.6) is 0 Å². The molecule has 1 saturated heterocycles. The number of benzene rings is 1. The van der Waals surface area contributed by atoms with Crippen molar-refractivity contribution >= 4 is 10.0 Å². The van der Waals surface area contributed by atoms with Gasteiger partial charge in [0.2, 0.25) is 10.0 Å². The minimum absolute atomic E-state index is 0.0384. The summed E-state index contributed by atoms with van der Waals surface area (Å²) in [6, 6.07) is 5.22. The average Bonchev–Trinajstić information content (AvgIpc) is 2.94. The highest BCUT2D eigenvalue weighted by atomic mass is 32.2. The van der Waals surface area contributed by atoms with Gasteiger partial charge in [-0.05, 0) is 38.4 Å². The van der Waals surface area contributed by atoms with E-state index < -0.39 is 46.8 Å². The van der Waals surface area contributed by atoms with Crippen LogP contribution in [0.4, 0.5) is 0 Å². The summed E-state index contributed by atoms with van der Waals surface area (Å²) in [5.74, 6) is -1.12. The number of aliphatic hydroxyl groups is 2. The topological polar surface area (TPSA) is 154 Å². The molecule has 0 aliphatic carbocycles. The molecule has 4 atom stereocenters. The van der Waals surface area contributed by atoms with Gasteiger partial charge in [-0.15, -0.1) is 0 Å². The van der Waals surface area contributed by atoms with Gasteiger partial charge < -0.3 is 19.7 Å². The largest absolute Gasteiger partial charge is 0.394 e. The van der Waals surface area contributed by atoms with Gasteiger partial charge in [0.1, 0.15) is 18.3 Å². The molecule has 2 rings (SSSR count). The Kier molecular flexibility index (Phi) is 6.82. The highest BCUT2D eigenvalue weighted by Crippen LogP contribution is 2.32. The molecule has 10 nitrogen and oxygen atoms in total. The number of hydrogen-bond acceptors (Lipinski definition) is 7. The minimum atomic E-state index is -3.95. The molecular formula is C16H24N4O6S. The standard InChI is InChI=1S/C16H24N4O6S/c1-10-4-6-11(7-5-10)27(23,24)19-12(8-18-20-17)14-15(13(22)9-21)26-16(2,3)25-14/h4-7,12-15,19,21-22H,8-9H2,1-3H3/t12-,13-,14-,15-/m1/s1. The number of hydrogen-bond donors (Lipinski definition) is 3. The molecule has 1 heterocycles. The quantitative estimate of drug-likeness (QED) is 0.333. The van der Waals surface area contributed by atoms with Crippen LogP contribution in [-0.2, 0) is 19.5 Å². The predicted molar refractivity (Wildman–Crippen MR) is 96.2 cm³/mol. The Balaban J connectivity index is 2.33. The van der Waals surface area contributed by atoms with Crippen molar-refractivity contribution < 1.29 is 28.1 Å². The average molecular weight is 400 g/mol. The second-order valence-corrected chi connectivity index (χ2v) is 8.48. The van der Waals surface area contributed by atoms with Gasteiger partial charge in [0.15, 0.2) is 5.79 Å². The normalized spacial score (nSPS) is 24.2. The van der Waals surface area contributed by atoms with Gasteiger partial charge in [-0.3, -0.25) is 0 Å². The molecule has 150 valence electrons. The molecule has 0 bridgehead atoms. The summed E-state index contributed by atoms with van der Waals surface area (Å²) in [5.41, 5.74) is 9.55. The molecule has 1 aromatic carbocycles. The predicted octanol–water partition coefficient (Wildman–Crippen LogP) is 0.826. The second kappa shape index (κ2) is 8.53. The van der Waals surface area contributed by atoms with E-state index in [1.165, 1.54) is 12.1 Å². The van der Waals surface area contributed by atoms with Crippen LogP contribution in [0.1, 0.15) is 19.4 Å². The summed E-state index contributed by atoms with van der Waals surface area (Å²) < 4.78 is 39.3. The zero-order valence-corrected chi connectivity index (χ0v) is 16.1. The summed E-state index contributed by atoms with van der Waals surface area (Å²) in [6.07, 6.45) is -3.29. The summed E-state index contributed by atoms with van der Waals surface area (Å²) >= 11 is 0. The first-order valence-corrected chi connectivity index (χ1v) is 9.82. The number of azide groups is 1. The Morgan fingerprint density at radius 1 is 1.30 bits per heavy atom. The summed E-state index contributed by atoms with van der Waals surface area (Å²) in [7, 11) is -3.95. The molecule has 0 aromatic heterocycles. The third kappa shape index (κ3) is 5.39. The summed E-state index contributed by atoms with van der Waals surface area (Å²) in [6.45, 7) is 4.17. The highest BCUT2D eigenvalue weighted by Gasteiger charge is 2.48. The molecule has 0 spiro atoms. The Labute approximate surface area is 157 Å². The van der Waals surface area contributed by atoms with Gasteiger partial charge in [-0.2, -0.15) is 0 Å². The molecule has 0 saturated carbocycles. The van der Waals surface area contributed by atoms with E-state index in [-0.39, 0.29) is 11.4 Å². The fourth-order valence-corrected chi connectivity index (χ4v) is 4.08. The molecular weight excluding hydrogens is 376 g/mol. The lowest BCUT2D eigenvalue weighted by Gasteiger charge is -2.28. The Morgan fingerprint density at radius 3 is 2.44 bits per heavy atom. The molecule has 0 amide bonds. The van der Waals surface area contributed by atoms with Crippen LogP contribution in [0.3, 0.4) is 0 Å². The van der Waals surface area contributed by atoms with Gasteiger partial charge in [-0.25, -0.2) is 13.1 Å². The van der Waals surface area contributed by atoms with E-state index in [2.05, 4.69) is 14.7 Å². The van der Waals surface area contributed by atoms with Crippen LogP contribution in [0.25, 0.3) is 10.4 Å². The number of nitrogens with zero attached hydrogens (tertiary/aromatic N) is 3. The van der Waals surface area contributed by atoms with Crippen LogP contribution in [0, 0.1) is 6.92 Å². The Morgan fingerprint density at radius 2 is 1.89 bits per heavy atom. The van der Waals surface area contributed by atoms with Crippen molar-refractivity contribution in [3.63, 3.8) is 0 Å². The fraction of sp³-hybridized carbons (Fsp3) is 0.625. The molecule has 11 heteroatoms. The number of rotatable bonds is 8. The van der Waals surface area contributed by atoms with Crippen LogP contribution in [0.15, 0.2) is 34.3 Å². The van der Waals surface area contributed by atoms with E-state index in [0.717, 1.165) is 5.56 Å². The Hall–Kier alpha value is -1.72. The van der Waals surface area contributed by atoms with E-state index >= 15 is 0 Å². The summed E-state index contributed by atoms with van der Waals surface area (Å²) in [4.78, 5) is 2.71. The van der Waals surface area contributed by atoms with E-state index in [4.69, 9.17) is 15.0 Å². The second-order valence-electron chi connectivity index (χ2n) is 6.77. The van der Waals surface area contributed by atoms with E-state index in [0.29, 0.717) is 0 Å². The highest BCUT2D eigenvalue weighted by molar-refractivity contribution is 7.89. The molecule has 0 radical (unpaired) electrons. The number of aliphatic hydroxyl groups excluding tert-OH is 2. The minimum Gasteiger partial charge on any atom is -0.394 e. The molecule has 1 aliphatic rings. The maximum absolute atomic E-state index is 12.7.